The fourth-order valence-corrected chi connectivity index (χ4v) is 3.27. The number of thioether (sulfide) groups is 1. The molecule has 0 saturated heterocycles. The number of aromatic nitrogens is 1. The molecule has 0 fully saturated rings. The Labute approximate surface area is 113 Å². The zero-order chi connectivity index (χ0) is 13.0. The molecule has 5 heteroatoms. The third kappa shape index (κ3) is 3.07. The summed E-state index contributed by atoms with van der Waals surface area (Å²) in [5, 5.41) is 8.21. The Balaban J connectivity index is 1.87. The lowest BCUT2D eigenvalue weighted by molar-refractivity contribution is 0.318. The second kappa shape index (κ2) is 5.78. The van der Waals surface area contributed by atoms with Crippen LogP contribution in [0.5, 0.6) is 0 Å². The molecule has 2 heterocycles. The van der Waals surface area contributed by atoms with E-state index in [9.17, 15) is 0 Å². The van der Waals surface area contributed by atoms with Crippen molar-refractivity contribution < 1.29 is 4.52 Å². The quantitative estimate of drug-likeness (QED) is 0.911. The predicted octanol–water partition coefficient (Wildman–Crippen LogP) is 2.98. The monoisotopic (exact) mass is 267 g/mol. The molecule has 1 aromatic rings. The van der Waals surface area contributed by atoms with Gasteiger partial charge in [0.1, 0.15) is 0 Å². The molecule has 0 radical (unpaired) electrons. The van der Waals surface area contributed by atoms with Gasteiger partial charge in [0.15, 0.2) is 10.9 Å². The van der Waals surface area contributed by atoms with Gasteiger partial charge in [0.05, 0.1) is 12.2 Å². The van der Waals surface area contributed by atoms with E-state index in [1.807, 2.05) is 24.8 Å². The highest BCUT2D eigenvalue weighted by Crippen LogP contribution is 2.34. The van der Waals surface area contributed by atoms with E-state index in [1.165, 1.54) is 12.8 Å². The van der Waals surface area contributed by atoms with Gasteiger partial charge in [-0.05, 0) is 25.2 Å². The van der Waals surface area contributed by atoms with Crippen molar-refractivity contribution in [3.05, 3.63) is 17.5 Å². The van der Waals surface area contributed by atoms with Crippen LogP contribution in [0, 0.1) is 12.3 Å². The van der Waals surface area contributed by atoms with Gasteiger partial charge in [-0.1, -0.05) is 30.8 Å². The molecule has 18 heavy (non-hydrogen) atoms. The fraction of sp³-hybridized carbons (Fsp3) is 0.692. The number of hydrogen-bond acceptors (Lipinski definition) is 5. The van der Waals surface area contributed by atoms with Gasteiger partial charge in [-0.25, -0.2) is 0 Å². The molecule has 0 atom stereocenters. The number of rotatable bonds is 4. The van der Waals surface area contributed by atoms with E-state index < -0.39 is 0 Å². The number of aryl methyl sites for hydroxylation is 1. The number of amidine groups is 1. The van der Waals surface area contributed by atoms with Gasteiger partial charge in [0.2, 0.25) is 0 Å². The summed E-state index contributed by atoms with van der Waals surface area (Å²) in [6.45, 7) is 8.05. The summed E-state index contributed by atoms with van der Waals surface area (Å²) in [5.41, 5.74) is 1.32. The average Bonchev–Trinajstić information content (AvgIpc) is 2.83. The topological polar surface area (TPSA) is 50.4 Å². The predicted molar refractivity (Wildman–Crippen MR) is 75.9 cm³/mol. The SMILES string of the molecule is CCC1(CC)CN=C(NCc2cc(C)no2)SC1. The number of nitrogens with zero attached hydrogens (tertiary/aromatic N) is 2. The van der Waals surface area contributed by atoms with Gasteiger partial charge >= 0.3 is 0 Å². The van der Waals surface area contributed by atoms with Gasteiger partial charge in [0.25, 0.3) is 0 Å². The van der Waals surface area contributed by atoms with Crippen LogP contribution in [0.3, 0.4) is 0 Å². The number of nitrogens with one attached hydrogen (secondary N) is 1. The van der Waals surface area contributed by atoms with Crippen molar-refractivity contribution in [1.29, 1.82) is 0 Å². The van der Waals surface area contributed by atoms with Crippen molar-refractivity contribution in [2.75, 3.05) is 12.3 Å². The average molecular weight is 267 g/mol. The van der Waals surface area contributed by atoms with E-state index in [2.05, 4.69) is 29.3 Å². The molecule has 0 aromatic carbocycles. The van der Waals surface area contributed by atoms with Gasteiger partial charge in [-0.15, -0.1) is 0 Å². The standard InChI is InChI=1S/C13H21N3OS/c1-4-13(5-2)8-15-12(18-9-13)14-7-11-6-10(3)16-17-11/h6H,4-5,7-9H2,1-3H3,(H,14,15). The van der Waals surface area contributed by atoms with Gasteiger partial charge in [0, 0.05) is 18.4 Å². The second-order valence-electron chi connectivity index (χ2n) is 4.91. The minimum Gasteiger partial charge on any atom is -0.359 e. The third-order valence-electron chi connectivity index (χ3n) is 3.66. The van der Waals surface area contributed by atoms with Gasteiger partial charge in [-0.3, -0.25) is 4.99 Å². The Kier molecular flexibility index (Phi) is 4.32. The summed E-state index contributed by atoms with van der Waals surface area (Å²) >= 11 is 1.82. The Morgan fingerprint density at radius 3 is 2.72 bits per heavy atom. The molecule has 0 bridgehead atoms. The highest BCUT2D eigenvalue weighted by Gasteiger charge is 2.29. The molecular formula is C13H21N3OS. The van der Waals surface area contributed by atoms with Crippen LogP contribution in [0.15, 0.2) is 15.6 Å². The van der Waals surface area contributed by atoms with E-state index in [-0.39, 0.29) is 0 Å². The maximum atomic E-state index is 5.16. The third-order valence-corrected chi connectivity index (χ3v) is 4.97. The molecule has 1 aliphatic rings. The highest BCUT2D eigenvalue weighted by atomic mass is 32.2. The van der Waals surface area contributed by atoms with E-state index in [4.69, 9.17) is 4.52 Å². The molecule has 0 saturated carbocycles. The van der Waals surface area contributed by atoms with Crippen molar-refractivity contribution in [3.63, 3.8) is 0 Å². The van der Waals surface area contributed by atoms with Crippen LogP contribution in [-0.2, 0) is 6.54 Å². The molecule has 4 nitrogen and oxygen atoms in total. The fourth-order valence-electron chi connectivity index (χ4n) is 2.00. The van der Waals surface area contributed by atoms with E-state index in [1.54, 1.807) is 0 Å². The lowest BCUT2D eigenvalue weighted by Gasteiger charge is -2.33. The van der Waals surface area contributed by atoms with E-state index in [0.717, 1.165) is 28.9 Å². The summed E-state index contributed by atoms with van der Waals surface area (Å²) in [4.78, 5) is 4.65. The number of aliphatic imine (C=N–C) groups is 1. The van der Waals surface area contributed by atoms with Crippen LogP contribution < -0.4 is 5.32 Å². The first kappa shape index (κ1) is 13.5. The second-order valence-corrected chi connectivity index (χ2v) is 5.87. The van der Waals surface area contributed by atoms with Gasteiger partial charge < -0.3 is 9.84 Å². The molecule has 0 aliphatic carbocycles. The smallest absolute Gasteiger partial charge is 0.156 e. The molecule has 1 aliphatic heterocycles. The van der Waals surface area contributed by atoms with Crippen LogP contribution in [0.25, 0.3) is 0 Å². The Morgan fingerprint density at radius 2 is 2.22 bits per heavy atom. The van der Waals surface area contributed by atoms with Crippen molar-refractivity contribution in [2.24, 2.45) is 10.4 Å². The summed E-state index contributed by atoms with van der Waals surface area (Å²) in [6.07, 6.45) is 2.41. The lowest BCUT2D eigenvalue weighted by atomic mass is 9.84. The molecular weight excluding hydrogens is 246 g/mol. The van der Waals surface area contributed by atoms with Crippen LogP contribution >= 0.6 is 11.8 Å². The molecule has 0 amide bonds. The first-order valence-electron chi connectivity index (χ1n) is 6.51. The first-order chi connectivity index (χ1) is 8.67. The Hall–Kier alpha value is -0.970. The summed E-state index contributed by atoms with van der Waals surface area (Å²) in [7, 11) is 0. The van der Waals surface area contributed by atoms with E-state index in [0.29, 0.717) is 12.0 Å². The number of hydrogen-bond donors (Lipinski definition) is 1. The molecule has 100 valence electrons. The molecule has 1 aromatic heterocycles. The Bertz CT molecular complexity index is 424. The maximum Gasteiger partial charge on any atom is 0.156 e. The maximum absolute atomic E-state index is 5.16. The molecule has 0 spiro atoms. The Morgan fingerprint density at radius 1 is 1.44 bits per heavy atom. The lowest BCUT2D eigenvalue weighted by Crippen LogP contribution is -2.34. The van der Waals surface area contributed by atoms with Crippen LogP contribution in [-0.4, -0.2) is 22.6 Å². The first-order valence-corrected chi connectivity index (χ1v) is 7.49. The highest BCUT2D eigenvalue weighted by molar-refractivity contribution is 8.13. The van der Waals surface area contributed by atoms with Crippen molar-refractivity contribution in [1.82, 2.24) is 10.5 Å². The van der Waals surface area contributed by atoms with Crippen LogP contribution in [0.4, 0.5) is 0 Å². The summed E-state index contributed by atoms with van der Waals surface area (Å²) < 4.78 is 5.16. The van der Waals surface area contributed by atoms with Crippen molar-refractivity contribution >= 4 is 16.9 Å². The van der Waals surface area contributed by atoms with E-state index >= 15 is 0 Å². The summed E-state index contributed by atoms with van der Waals surface area (Å²) in [5.74, 6) is 2.01. The van der Waals surface area contributed by atoms with Crippen molar-refractivity contribution in [3.8, 4) is 0 Å². The molecule has 0 unspecified atom stereocenters. The minimum atomic E-state index is 0.401. The van der Waals surface area contributed by atoms with Gasteiger partial charge in [-0.2, -0.15) is 0 Å². The largest absolute Gasteiger partial charge is 0.359 e. The summed E-state index contributed by atoms with van der Waals surface area (Å²) in [6, 6.07) is 1.95. The molecule has 2 rings (SSSR count). The zero-order valence-corrected chi connectivity index (χ0v) is 12.1. The minimum absolute atomic E-state index is 0.401. The van der Waals surface area contributed by atoms with Crippen LogP contribution in [0.1, 0.15) is 38.1 Å². The van der Waals surface area contributed by atoms with Crippen LogP contribution in [0.2, 0.25) is 0 Å². The zero-order valence-electron chi connectivity index (χ0n) is 11.3. The normalized spacial score (nSPS) is 18.5. The molecule has 1 N–H and O–H groups in total. The van der Waals surface area contributed by atoms with Crippen molar-refractivity contribution in [2.45, 2.75) is 40.2 Å².